The molecule has 1 heterocycles. The molecular formula is C9H13N3S. The Morgan fingerprint density at radius 3 is 2.69 bits per heavy atom. The van der Waals surface area contributed by atoms with E-state index in [0.29, 0.717) is 0 Å². The van der Waals surface area contributed by atoms with Crippen LogP contribution < -0.4 is 15.3 Å². The highest BCUT2D eigenvalue weighted by molar-refractivity contribution is 7.59. The summed E-state index contributed by atoms with van der Waals surface area (Å²) in [4.78, 5) is 1.30. The number of anilines is 1. The third-order valence-corrected chi connectivity index (χ3v) is 2.70. The van der Waals surface area contributed by atoms with Crippen molar-refractivity contribution in [2.24, 2.45) is 0 Å². The second-order valence-corrected chi connectivity index (χ2v) is 3.75. The molecule has 1 saturated heterocycles. The fourth-order valence-corrected chi connectivity index (χ4v) is 1.61. The topological polar surface area (TPSA) is 19.7 Å². The van der Waals surface area contributed by atoms with E-state index >= 15 is 0 Å². The summed E-state index contributed by atoms with van der Waals surface area (Å²) in [6.07, 6.45) is 0. The molecule has 1 aromatic rings. The van der Waals surface area contributed by atoms with Crippen molar-refractivity contribution in [3.05, 3.63) is 30.3 Å². The highest BCUT2D eigenvalue weighted by atomic mass is 32.1. The third-order valence-electron chi connectivity index (χ3n) is 2.20. The molecule has 13 heavy (non-hydrogen) atoms. The number of hydrogen-bond donors (Lipinski definition) is 2. The van der Waals surface area contributed by atoms with Gasteiger partial charge in [-0.1, -0.05) is 18.2 Å². The number of hydrogen-bond acceptors (Lipinski definition) is 3. The van der Waals surface area contributed by atoms with Gasteiger partial charge < -0.3 is 17.5 Å². The number of quaternary nitrogens is 1. The molecule has 70 valence electrons. The normalized spacial score (nSPS) is 28.0. The lowest BCUT2D eigenvalue weighted by Crippen LogP contribution is -3.11. The van der Waals surface area contributed by atoms with Crippen LogP contribution in [0.25, 0.3) is 0 Å². The van der Waals surface area contributed by atoms with E-state index in [-0.39, 0.29) is 5.50 Å². The average molecular weight is 195 g/mol. The molecule has 0 bridgehead atoms. The molecule has 3 nitrogen and oxygen atoms in total. The molecule has 0 radical (unpaired) electrons. The number of hydrazine groups is 1. The maximum atomic E-state index is 5.21. The minimum atomic E-state index is 0.0835. The predicted octanol–water partition coefficient (Wildman–Crippen LogP) is -0.686. The fraction of sp³-hybridized carbons (Fsp3) is 0.333. The summed E-state index contributed by atoms with van der Waals surface area (Å²) in [6, 6.07) is 10.2. The van der Waals surface area contributed by atoms with Crippen molar-refractivity contribution in [1.29, 1.82) is 0 Å². The molecule has 2 atom stereocenters. The zero-order chi connectivity index (χ0) is 9.26. The van der Waals surface area contributed by atoms with E-state index in [0.717, 1.165) is 6.67 Å². The van der Waals surface area contributed by atoms with E-state index in [2.05, 4.69) is 29.6 Å². The Kier molecular flexibility index (Phi) is 2.44. The Labute approximate surface area is 83.7 Å². The van der Waals surface area contributed by atoms with Gasteiger partial charge in [-0.25, -0.2) is 0 Å². The Hall–Kier alpha value is -0.710. The van der Waals surface area contributed by atoms with Crippen LogP contribution in [0.1, 0.15) is 0 Å². The quantitative estimate of drug-likeness (QED) is 0.579. The number of para-hydroxylation sites is 1. The zero-order valence-electron chi connectivity index (χ0n) is 7.53. The Balaban J connectivity index is 2.12. The number of nitrogens with zero attached hydrogens (tertiary/aromatic N) is 1. The van der Waals surface area contributed by atoms with Crippen molar-refractivity contribution < 1.29 is 4.90 Å². The first-order valence-electron chi connectivity index (χ1n) is 4.34. The molecular weight excluding hydrogens is 182 g/mol. The van der Waals surface area contributed by atoms with E-state index in [9.17, 15) is 0 Å². The lowest BCUT2D eigenvalue weighted by atomic mass is 10.3. The molecule has 0 aromatic heterocycles. The maximum Gasteiger partial charge on any atom is 0.166 e. The summed E-state index contributed by atoms with van der Waals surface area (Å²) in [5.74, 6) is 0. The molecule has 0 spiro atoms. The number of nitrogens with one attached hydrogen (secondary N) is 2. The molecule has 1 aliphatic rings. The van der Waals surface area contributed by atoms with Crippen molar-refractivity contribution in [2.45, 2.75) is 5.50 Å². The van der Waals surface area contributed by atoms with Crippen LogP contribution in [0.2, 0.25) is 0 Å². The van der Waals surface area contributed by atoms with Crippen LogP contribution in [0, 0.1) is 0 Å². The Bertz CT molecular complexity index is 267. The number of rotatable bonds is 1. The van der Waals surface area contributed by atoms with Gasteiger partial charge in [0.2, 0.25) is 0 Å². The monoisotopic (exact) mass is 195 g/mol. The van der Waals surface area contributed by atoms with Crippen molar-refractivity contribution in [2.75, 3.05) is 18.7 Å². The van der Waals surface area contributed by atoms with Gasteiger partial charge >= 0.3 is 0 Å². The molecule has 1 aromatic carbocycles. The molecule has 1 aliphatic heterocycles. The molecule has 1 fully saturated rings. The smallest absolute Gasteiger partial charge is 0.166 e. The van der Waals surface area contributed by atoms with E-state index in [1.807, 2.05) is 18.2 Å². The highest BCUT2D eigenvalue weighted by Crippen LogP contribution is 2.10. The summed E-state index contributed by atoms with van der Waals surface area (Å²) in [7, 11) is 2.09. The molecule has 2 unspecified atom stereocenters. The van der Waals surface area contributed by atoms with Crippen molar-refractivity contribution >= 4 is 18.3 Å². The molecule has 2 N–H and O–H groups in total. The van der Waals surface area contributed by atoms with E-state index in [1.54, 1.807) is 0 Å². The highest BCUT2D eigenvalue weighted by Gasteiger charge is 2.21. The van der Waals surface area contributed by atoms with Crippen molar-refractivity contribution in [3.63, 3.8) is 0 Å². The van der Waals surface area contributed by atoms with Gasteiger partial charge in [0.1, 0.15) is 0 Å². The summed E-state index contributed by atoms with van der Waals surface area (Å²) >= 11 is 5.21. The van der Waals surface area contributed by atoms with Crippen LogP contribution >= 0.6 is 0 Å². The first-order chi connectivity index (χ1) is 6.27. The minimum Gasteiger partial charge on any atom is -0.709 e. The lowest BCUT2D eigenvalue weighted by molar-refractivity contribution is -0.877. The van der Waals surface area contributed by atoms with Crippen LogP contribution in [0.5, 0.6) is 0 Å². The second kappa shape index (κ2) is 3.57. The first-order valence-corrected chi connectivity index (χ1v) is 4.81. The standard InChI is InChI=1S/C9H13N3S/c1-11-7-12(10-9(11)13)8-5-3-2-4-6-8/h2-6,9-10,13H,7H2,1H3. The van der Waals surface area contributed by atoms with Crippen molar-refractivity contribution in [3.8, 4) is 0 Å². The molecule has 0 amide bonds. The maximum absolute atomic E-state index is 5.21. The minimum absolute atomic E-state index is 0.0835. The zero-order valence-corrected chi connectivity index (χ0v) is 8.34. The van der Waals surface area contributed by atoms with E-state index in [4.69, 9.17) is 12.6 Å². The van der Waals surface area contributed by atoms with Gasteiger partial charge in [-0.05, 0) is 12.1 Å². The Morgan fingerprint density at radius 2 is 2.15 bits per heavy atom. The SMILES string of the molecule is C[NH+]1CN(c2ccccc2)NC1[S-]. The summed E-state index contributed by atoms with van der Waals surface area (Å²) in [6.45, 7) is 0.915. The Morgan fingerprint density at radius 1 is 1.46 bits per heavy atom. The lowest BCUT2D eigenvalue weighted by Gasteiger charge is -2.18. The molecule has 4 heteroatoms. The average Bonchev–Trinajstić information content (AvgIpc) is 2.49. The summed E-state index contributed by atoms with van der Waals surface area (Å²) < 4.78 is 0. The van der Waals surface area contributed by atoms with Gasteiger partial charge in [0, 0.05) is 5.50 Å². The van der Waals surface area contributed by atoms with E-state index < -0.39 is 0 Å². The van der Waals surface area contributed by atoms with Gasteiger partial charge in [0.15, 0.2) is 6.67 Å². The molecule has 0 aliphatic carbocycles. The third kappa shape index (κ3) is 1.80. The van der Waals surface area contributed by atoms with Gasteiger partial charge in [-0.2, -0.15) is 5.43 Å². The van der Waals surface area contributed by atoms with Gasteiger partial charge in [0.05, 0.1) is 12.7 Å². The van der Waals surface area contributed by atoms with Crippen molar-refractivity contribution in [1.82, 2.24) is 5.43 Å². The summed E-state index contributed by atoms with van der Waals surface area (Å²) in [5, 5.41) is 2.09. The van der Waals surface area contributed by atoms with E-state index in [1.165, 1.54) is 10.6 Å². The van der Waals surface area contributed by atoms with Crippen LogP contribution in [-0.2, 0) is 12.6 Å². The number of benzene rings is 1. The van der Waals surface area contributed by atoms with Gasteiger partial charge in [-0.3, -0.25) is 5.01 Å². The summed E-state index contributed by atoms with van der Waals surface area (Å²) in [5.41, 5.74) is 4.49. The van der Waals surface area contributed by atoms with Crippen LogP contribution in [0.15, 0.2) is 30.3 Å². The largest absolute Gasteiger partial charge is 0.709 e. The van der Waals surface area contributed by atoms with Crippen LogP contribution in [0.4, 0.5) is 5.69 Å². The first kappa shape index (κ1) is 8.87. The fourth-order valence-electron chi connectivity index (χ4n) is 1.40. The molecule has 0 saturated carbocycles. The van der Waals surface area contributed by atoms with Gasteiger partial charge in [-0.15, -0.1) is 0 Å². The van der Waals surface area contributed by atoms with Gasteiger partial charge in [0.25, 0.3) is 0 Å². The van der Waals surface area contributed by atoms with Crippen LogP contribution in [0.3, 0.4) is 0 Å². The molecule has 2 rings (SSSR count). The predicted molar refractivity (Wildman–Crippen MR) is 55.0 cm³/mol. The second-order valence-electron chi connectivity index (χ2n) is 3.28. The van der Waals surface area contributed by atoms with Crippen LogP contribution in [-0.4, -0.2) is 19.2 Å².